The Morgan fingerprint density at radius 3 is 2.26 bits per heavy atom. The number of benzene rings is 3. The van der Waals surface area contributed by atoms with Crippen LogP contribution >= 0.6 is 23.1 Å². The molecule has 1 unspecified atom stereocenters. The molecule has 0 spiro atoms. The van der Waals surface area contributed by atoms with Crippen molar-refractivity contribution in [2.45, 2.75) is 70.4 Å². The highest BCUT2D eigenvalue weighted by Gasteiger charge is 2.32. The van der Waals surface area contributed by atoms with Crippen molar-refractivity contribution < 1.29 is 27.7 Å². The van der Waals surface area contributed by atoms with Gasteiger partial charge in [-0.25, -0.2) is 13.8 Å². The number of imide groups is 1. The molecule has 6 heterocycles. The molecule has 4 N–H and O–H groups in total. The van der Waals surface area contributed by atoms with Crippen molar-refractivity contribution in [1.82, 2.24) is 35.1 Å². The van der Waals surface area contributed by atoms with E-state index in [-0.39, 0.29) is 24.4 Å². The minimum atomic E-state index is -2.78. The van der Waals surface area contributed by atoms with Gasteiger partial charge in [-0.1, -0.05) is 6.92 Å². The van der Waals surface area contributed by atoms with Gasteiger partial charge in [-0.15, -0.1) is 0 Å². The minimum Gasteiger partial charge on any atom is -0.494 e. The normalized spacial score (nSPS) is 19.1. The molecule has 4 fully saturated rings. The Balaban J connectivity index is 0.742. The lowest BCUT2D eigenvalue weighted by Gasteiger charge is -2.44. The van der Waals surface area contributed by atoms with Crippen molar-refractivity contribution in [3.05, 3.63) is 76.7 Å². The van der Waals surface area contributed by atoms with E-state index in [4.69, 9.17) is 9.72 Å². The van der Waals surface area contributed by atoms with Gasteiger partial charge in [0.1, 0.15) is 36.0 Å². The van der Waals surface area contributed by atoms with Crippen LogP contribution in [0.2, 0.25) is 0 Å². The number of piperazine rings is 1. The van der Waals surface area contributed by atoms with Gasteiger partial charge in [-0.05, 0) is 123 Å². The number of halogens is 3. The van der Waals surface area contributed by atoms with Crippen LogP contribution in [0.5, 0.6) is 5.75 Å². The van der Waals surface area contributed by atoms with Gasteiger partial charge in [0, 0.05) is 101 Å². The molecule has 0 bridgehead atoms. The van der Waals surface area contributed by atoms with Gasteiger partial charge in [-0.2, -0.15) is 4.98 Å². The van der Waals surface area contributed by atoms with Gasteiger partial charge in [0.15, 0.2) is 11.6 Å². The monoisotopic (exact) mass is 1040 g/mol. The standard InChI is InChI=1S/C50H62BrF2N12O4P/c1-5-32-26-41(59-50-56-30-35(51)48(61-50)58-39-7-6-38-46(55-16-15-54-38)47(39)70(3,4)68)43(69-2)29-42(32)65-20-13-33(14-21-65)64-24-22-62(23-25-64)17-10-31-11-18-63(19-12-31)34-27-36(52)45(37(53)28-34)57-40-8-9-44(66)60-49(40)67/h6-7,15-16,26-31,33,40,57H,5,8-14,17-25H2,1-4H3,(H,60,66,67)(H2,56,58,59,61). The molecule has 20 heteroatoms. The van der Waals surface area contributed by atoms with Crippen LogP contribution in [-0.2, 0) is 20.6 Å². The highest BCUT2D eigenvalue weighted by atomic mass is 79.9. The SMILES string of the molecule is CCc1cc(Nc2ncc(Br)c(Nc3ccc4nccnc4c3P(C)(C)=O)n2)c(OC)cc1N1CCC(N2CCN(CCC3CCN(c4cc(F)c(NC5CCC(=O)NC5=O)c(F)c4)CC3)CC2)CC1. The number of piperidine rings is 3. The van der Waals surface area contributed by atoms with E-state index < -0.39 is 30.7 Å². The number of carbonyl (C=O) groups excluding carboxylic acids is 2. The topological polar surface area (TPSA) is 173 Å². The summed E-state index contributed by atoms with van der Waals surface area (Å²) < 4.78 is 50.4. The third-order valence-corrected chi connectivity index (χ3v) is 16.4. The molecule has 372 valence electrons. The maximum atomic E-state index is 15.1. The van der Waals surface area contributed by atoms with Crippen LogP contribution in [0.3, 0.4) is 0 Å². The third-order valence-electron chi connectivity index (χ3n) is 14.3. The summed E-state index contributed by atoms with van der Waals surface area (Å²) in [6.07, 6.45) is 11.3. The van der Waals surface area contributed by atoms with Crippen LogP contribution in [-0.4, -0.2) is 133 Å². The molecule has 70 heavy (non-hydrogen) atoms. The van der Waals surface area contributed by atoms with Gasteiger partial charge >= 0.3 is 0 Å². The molecule has 0 radical (unpaired) electrons. The highest BCUT2D eigenvalue weighted by Crippen LogP contribution is 2.42. The number of carbonyl (C=O) groups is 2. The second-order valence-electron chi connectivity index (χ2n) is 19.2. The Kier molecular flexibility index (Phi) is 15.2. The van der Waals surface area contributed by atoms with E-state index in [1.165, 1.54) is 23.4 Å². The van der Waals surface area contributed by atoms with Crippen LogP contribution in [0.15, 0.2) is 59.5 Å². The third kappa shape index (κ3) is 11.2. The lowest BCUT2D eigenvalue weighted by atomic mass is 9.92. The number of ether oxygens (including phenoxy) is 1. The number of nitrogens with zero attached hydrogens (tertiary/aromatic N) is 8. The second-order valence-corrected chi connectivity index (χ2v) is 23.2. The molecule has 0 aliphatic carbocycles. The van der Waals surface area contributed by atoms with Crippen molar-refractivity contribution >= 4 is 91.4 Å². The summed E-state index contributed by atoms with van der Waals surface area (Å²) in [5.74, 6) is -0.292. The van der Waals surface area contributed by atoms with Crippen molar-refractivity contribution in [2.24, 2.45) is 5.92 Å². The Morgan fingerprint density at radius 1 is 0.857 bits per heavy atom. The first-order valence-corrected chi connectivity index (χ1v) is 27.8. The van der Waals surface area contributed by atoms with E-state index in [2.05, 4.69) is 85.9 Å². The summed E-state index contributed by atoms with van der Waals surface area (Å²) in [5, 5.41) is 12.3. The first-order valence-electron chi connectivity index (χ1n) is 24.4. The van der Waals surface area contributed by atoms with E-state index in [9.17, 15) is 14.2 Å². The van der Waals surface area contributed by atoms with Crippen LogP contribution in [0.1, 0.15) is 57.4 Å². The number of aromatic nitrogens is 4. The average Bonchev–Trinajstić information content (AvgIpc) is 3.35. The fourth-order valence-corrected chi connectivity index (χ4v) is 12.1. The molecular formula is C50H62BrF2N12O4P. The smallest absolute Gasteiger partial charge is 0.249 e. The van der Waals surface area contributed by atoms with Gasteiger partial charge in [0.05, 0.1) is 33.8 Å². The number of amides is 2. The van der Waals surface area contributed by atoms with Crippen molar-refractivity contribution in [1.29, 1.82) is 0 Å². The Morgan fingerprint density at radius 2 is 1.57 bits per heavy atom. The Labute approximate surface area is 416 Å². The van der Waals surface area contributed by atoms with Gasteiger partial charge in [0.25, 0.3) is 0 Å². The van der Waals surface area contributed by atoms with Crippen molar-refractivity contribution in [2.75, 3.05) is 105 Å². The van der Waals surface area contributed by atoms with Crippen LogP contribution in [0, 0.1) is 17.6 Å². The summed E-state index contributed by atoms with van der Waals surface area (Å²) in [7, 11) is -1.10. The fourth-order valence-electron chi connectivity index (χ4n) is 10.4. The predicted octanol–water partition coefficient (Wildman–Crippen LogP) is 7.88. The van der Waals surface area contributed by atoms with Crippen LogP contribution in [0.25, 0.3) is 11.0 Å². The molecule has 3 aromatic carbocycles. The molecule has 4 saturated heterocycles. The zero-order chi connectivity index (χ0) is 49.1. The number of hydrogen-bond acceptors (Lipinski definition) is 15. The number of fused-ring (bicyclic) bond motifs is 1. The zero-order valence-corrected chi connectivity index (χ0v) is 42.7. The molecule has 0 saturated carbocycles. The van der Waals surface area contributed by atoms with Gasteiger partial charge in [-0.3, -0.25) is 29.8 Å². The average molecular weight is 1040 g/mol. The summed E-state index contributed by atoms with van der Waals surface area (Å²) in [6.45, 7) is 14.3. The summed E-state index contributed by atoms with van der Waals surface area (Å²) in [5.41, 5.74) is 5.24. The van der Waals surface area contributed by atoms with Gasteiger partial charge < -0.3 is 40.0 Å². The molecule has 4 aliphatic heterocycles. The molecule has 16 nitrogen and oxygen atoms in total. The summed E-state index contributed by atoms with van der Waals surface area (Å²) in [6, 6.07) is 10.4. The molecule has 5 aromatic rings. The molecule has 9 rings (SSSR count). The molecule has 2 amide bonds. The van der Waals surface area contributed by atoms with Crippen molar-refractivity contribution in [3.63, 3.8) is 0 Å². The Bertz CT molecular complexity index is 2760. The largest absolute Gasteiger partial charge is 0.494 e. The molecule has 2 aromatic heterocycles. The molecule has 4 aliphatic rings. The van der Waals surface area contributed by atoms with E-state index >= 15 is 8.78 Å². The number of rotatable bonds is 15. The number of aryl methyl sites for hydroxylation is 1. The second kappa shape index (κ2) is 21.5. The zero-order valence-electron chi connectivity index (χ0n) is 40.2. The van der Waals surface area contributed by atoms with E-state index in [1.807, 2.05) is 17.0 Å². The summed E-state index contributed by atoms with van der Waals surface area (Å²) in [4.78, 5) is 51.7. The Hall–Kier alpha value is -5.49. The predicted molar refractivity (Wildman–Crippen MR) is 276 cm³/mol. The van der Waals surface area contributed by atoms with Crippen LogP contribution < -0.4 is 41.1 Å². The minimum absolute atomic E-state index is 0.123. The van der Waals surface area contributed by atoms with Gasteiger partial charge in [0.2, 0.25) is 17.8 Å². The first kappa shape index (κ1) is 49.5. The van der Waals surface area contributed by atoms with E-state index in [0.29, 0.717) is 61.7 Å². The fraction of sp³-hybridized carbons (Fsp3) is 0.480. The lowest BCUT2D eigenvalue weighted by molar-refractivity contribution is -0.133. The van der Waals surface area contributed by atoms with Crippen molar-refractivity contribution in [3.8, 4) is 5.75 Å². The number of anilines is 7. The molecule has 1 atom stereocenters. The quantitative estimate of drug-likeness (QED) is 0.0589. The first-order chi connectivity index (χ1) is 33.7. The maximum Gasteiger partial charge on any atom is 0.249 e. The lowest BCUT2D eigenvalue weighted by Crippen LogP contribution is -2.53. The number of hydrogen-bond donors (Lipinski definition) is 4. The van der Waals surface area contributed by atoms with Crippen LogP contribution in [0.4, 0.5) is 49.0 Å². The molecular weight excluding hydrogens is 982 g/mol. The summed E-state index contributed by atoms with van der Waals surface area (Å²) >= 11 is 3.60. The maximum absolute atomic E-state index is 15.1. The van der Waals surface area contributed by atoms with E-state index in [0.717, 1.165) is 103 Å². The number of nitrogens with one attached hydrogen (secondary N) is 4. The van der Waals surface area contributed by atoms with E-state index in [1.54, 1.807) is 39.0 Å². The highest BCUT2D eigenvalue weighted by molar-refractivity contribution is 9.10. The number of methoxy groups -OCH3 is 1.